The van der Waals surface area contributed by atoms with E-state index < -0.39 is 11.8 Å². The van der Waals surface area contributed by atoms with Crippen molar-refractivity contribution in [2.45, 2.75) is 6.92 Å². The zero-order valence-corrected chi connectivity index (χ0v) is 13.7. The normalized spacial score (nSPS) is 10.1. The number of nitriles is 1. The van der Waals surface area contributed by atoms with Crippen LogP contribution < -0.4 is 15.6 Å². The number of rotatable bonds is 5. The number of nitrogens with one attached hydrogen (secondary N) is 2. The molecule has 0 aliphatic carbocycles. The minimum Gasteiger partial charge on any atom is -0.482 e. The van der Waals surface area contributed by atoms with Crippen molar-refractivity contribution in [1.82, 2.24) is 10.9 Å². The molecule has 0 bridgehead atoms. The van der Waals surface area contributed by atoms with Crippen LogP contribution in [0.25, 0.3) is 6.08 Å². The van der Waals surface area contributed by atoms with E-state index in [-0.39, 0.29) is 6.61 Å². The van der Waals surface area contributed by atoms with Crippen LogP contribution in [0, 0.1) is 18.3 Å². The molecule has 2 aromatic carbocycles. The van der Waals surface area contributed by atoms with Crippen molar-refractivity contribution in [1.29, 1.82) is 5.26 Å². The molecule has 0 saturated heterocycles. The predicted octanol–water partition coefficient (Wildman–Crippen LogP) is 2.11. The van der Waals surface area contributed by atoms with Crippen LogP contribution in [-0.4, -0.2) is 18.4 Å². The van der Waals surface area contributed by atoms with E-state index in [1.54, 1.807) is 30.3 Å². The van der Waals surface area contributed by atoms with Crippen LogP contribution >= 0.6 is 0 Å². The lowest BCUT2D eigenvalue weighted by Gasteiger charge is -2.08. The molecule has 6 nitrogen and oxygen atoms in total. The van der Waals surface area contributed by atoms with Gasteiger partial charge in [-0.25, -0.2) is 0 Å². The molecule has 0 fully saturated rings. The first-order valence-electron chi connectivity index (χ1n) is 7.54. The Morgan fingerprint density at radius 1 is 1.16 bits per heavy atom. The largest absolute Gasteiger partial charge is 0.482 e. The fourth-order valence-electron chi connectivity index (χ4n) is 1.98. The molecule has 2 aromatic rings. The molecule has 2 N–H and O–H groups in total. The van der Waals surface area contributed by atoms with Gasteiger partial charge in [0.2, 0.25) is 0 Å². The van der Waals surface area contributed by atoms with Crippen molar-refractivity contribution in [2.75, 3.05) is 6.61 Å². The number of nitrogens with zero attached hydrogens (tertiary/aromatic N) is 1. The third kappa shape index (κ3) is 5.84. The summed E-state index contributed by atoms with van der Waals surface area (Å²) in [6.07, 6.45) is 2.97. The highest BCUT2D eigenvalue weighted by Gasteiger charge is 2.06. The average molecular weight is 335 g/mol. The Hall–Kier alpha value is -3.59. The summed E-state index contributed by atoms with van der Waals surface area (Å²) in [7, 11) is 0. The first kappa shape index (κ1) is 17.8. The zero-order valence-electron chi connectivity index (χ0n) is 13.7. The molecule has 0 aromatic heterocycles. The molecule has 0 aliphatic heterocycles. The van der Waals surface area contributed by atoms with Gasteiger partial charge in [0.15, 0.2) is 6.61 Å². The van der Waals surface area contributed by atoms with Gasteiger partial charge in [-0.05, 0) is 30.7 Å². The number of carbonyl (C=O) groups is 2. The quantitative estimate of drug-likeness (QED) is 0.647. The van der Waals surface area contributed by atoms with Crippen molar-refractivity contribution in [3.05, 3.63) is 71.3 Å². The Bertz CT molecular complexity index is 838. The number of benzene rings is 2. The first-order valence-corrected chi connectivity index (χ1v) is 7.54. The lowest BCUT2D eigenvalue weighted by Crippen LogP contribution is -2.43. The summed E-state index contributed by atoms with van der Waals surface area (Å²) in [5.41, 5.74) is 6.81. The van der Waals surface area contributed by atoms with E-state index in [0.717, 1.165) is 11.1 Å². The van der Waals surface area contributed by atoms with E-state index in [9.17, 15) is 9.59 Å². The summed E-state index contributed by atoms with van der Waals surface area (Å²) in [4.78, 5) is 23.4. The Morgan fingerprint density at radius 2 is 1.96 bits per heavy atom. The summed E-state index contributed by atoms with van der Waals surface area (Å²) in [6, 6.07) is 16.2. The minimum absolute atomic E-state index is 0.311. The number of hydrogen-bond acceptors (Lipinski definition) is 4. The van der Waals surface area contributed by atoms with Gasteiger partial charge in [0.25, 0.3) is 11.8 Å². The standard InChI is InChI=1S/C19H17N3O3/c1-14-5-4-6-15(11-14)9-10-18(23)21-22-19(24)13-25-17-8-3-2-7-16(17)12-20/h2-11H,13H2,1H3,(H,21,23)(H,22,24)/b10-9+. The molecule has 0 atom stereocenters. The number of amides is 2. The molecule has 0 unspecified atom stereocenters. The summed E-state index contributed by atoms with van der Waals surface area (Å²) >= 11 is 0. The number of aryl methyl sites for hydroxylation is 1. The molecule has 0 radical (unpaired) electrons. The monoisotopic (exact) mass is 335 g/mol. The maximum atomic E-state index is 11.7. The predicted molar refractivity (Wildman–Crippen MR) is 93.2 cm³/mol. The molecule has 0 heterocycles. The molecule has 25 heavy (non-hydrogen) atoms. The maximum absolute atomic E-state index is 11.7. The van der Waals surface area contributed by atoms with Crippen LogP contribution in [0.2, 0.25) is 0 Å². The second-order valence-corrected chi connectivity index (χ2v) is 5.18. The van der Waals surface area contributed by atoms with Crippen molar-refractivity contribution in [2.24, 2.45) is 0 Å². The lowest BCUT2D eigenvalue weighted by molar-refractivity contribution is -0.128. The zero-order chi connectivity index (χ0) is 18.1. The van der Waals surface area contributed by atoms with Gasteiger partial charge < -0.3 is 4.74 Å². The van der Waals surface area contributed by atoms with Crippen molar-refractivity contribution < 1.29 is 14.3 Å². The van der Waals surface area contributed by atoms with E-state index in [1.807, 2.05) is 37.3 Å². The molecule has 0 aliphatic rings. The highest BCUT2D eigenvalue weighted by atomic mass is 16.5. The van der Waals surface area contributed by atoms with Gasteiger partial charge in [0, 0.05) is 6.08 Å². The molecule has 126 valence electrons. The first-order chi connectivity index (χ1) is 12.1. The molecule has 0 spiro atoms. The maximum Gasteiger partial charge on any atom is 0.276 e. The molecule has 2 amide bonds. The minimum atomic E-state index is -0.537. The number of hydrogen-bond donors (Lipinski definition) is 2. The Kier molecular flexibility index (Phi) is 6.32. The van der Waals surface area contributed by atoms with Crippen LogP contribution in [-0.2, 0) is 9.59 Å². The van der Waals surface area contributed by atoms with Crippen LogP contribution in [0.3, 0.4) is 0 Å². The Morgan fingerprint density at radius 3 is 2.72 bits per heavy atom. The molecule has 2 rings (SSSR count). The second kappa shape index (κ2) is 8.89. The third-order valence-electron chi connectivity index (χ3n) is 3.16. The third-order valence-corrected chi connectivity index (χ3v) is 3.16. The van der Waals surface area contributed by atoms with Gasteiger partial charge >= 0.3 is 0 Å². The van der Waals surface area contributed by atoms with Crippen molar-refractivity contribution in [3.8, 4) is 11.8 Å². The van der Waals surface area contributed by atoms with E-state index in [0.29, 0.717) is 11.3 Å². The van der Waals surface area contributed by atoms with E-state index in [2.05, 4.69) is 10.9 Å². The van der Waals surface area contributed by atoms with E-state index >= 15 is 0 Å². The van der Waals surface area contributed by atoms with Crippen LogP contribution in [0.5, 0.6) is 5.75 Å². The van der Waals surface area contributed by atoms with Gasteiger partial charge in [-0.2, -0.15) is 5.26 Å². The highest BCUT2D eigenvalue weighted by molar-refractivity contribution is 5.93. The topological polar surface area (TPSA) is 91.2 Å². The van der Waals surface area contributed by atoms with Crippen LogP contribution in [0.15, 0.2) is 54.6 Å². The SMILES string of the molecule is Cc1cccc(/C=C/C(=O)NNC(=O)COc2ccccc2C#N)c1. The van der Waals surface area contributed by atoms with Gasteiger partial charge in [0.05, 0.1) is 5.56 Å². The molecular formula is C19H17N3O3. The van der Waals surface area contributed by atoms with Gasteiger partial charge in [0.1, 0.15) is 11.8 Å². The Balaban J connectivity index is 1.78. The lowest BCUT2D eigenvalue weighted by atomic mass is 10.1. The van der Waals surface area contributed by atoms with E-state index in [1.165, 1.54) is 6.08 Å². The summed E-state index contributed by atoms with van der Waals surface area (Å²) in [6.45, 7) is 1.64. The fourth-order valence-corrected chi connectivity index (χ4v) is 1.98. The molecule has 0 saturated carbocycles. The fraction of sp³-hybridized carbons (Fsp3) is 0.105. The van der Waals surface area contributed by atoms with Crippen molar-refractivity contribution >= 4 is 17.9 Å². The number of ether oxygens (including phenoxy) is 1. The van der Waals surface area contributed by atoms with Gasteiger partial charge in [-0.15, -0.1) is 0 Å². The smallest absolute Gasteiger partial charge is 0.276 e. The highest BCUT2D eigenvalue weighted by Crippen LogP contribution is 2.16. The number of carbonyl (C=O) groups excluding carboxylic acids is 2. The second-order valence-electron chi connectivity index (χ2n) is 5.18. The van der Waals surface area contributed by atoms with Crippen LogP contribution in [0.1, 0.15) is 16.7 Å². The molecule has 6 heteroatoms. The summed E-state index contributed by atoms with van der Waals surface area (Å²) in [5, 5.41) is 8.93. The van der Waals surface area contributed by atoms with Crippen molar-refractivity contribution in [3.63, 3.8) is 0 Å². The van der Waals surface area contributed by atoms with Gasteiger partial charge in [-0.3, -0.25) is 20.4 Å². The number of para-hydroxylation sites is 1. The van der Waals surface area contributed by atoms with Gasteiger partial charge in [-0.1, -0.05) is 42.0 Å². The Labute approximate surface area is 145 Å². The van der Waals surface area contributed by atoms with Crippen LogP contribution in [0.4, 0.5) is 0 Å². The van der Waals surface area contributed by atoms with E-state index in [4.69, 9.17) is 10.00 Å². The number of hydrazine groups is 1. The molecular weight excluding hydrogens is 318 g/mol. The average Bonchev–Trinajstić information content (AvgIpc) is 2.63. The summed E-state index contributed by atoms with van der Waals surface area (Å²) < 4.78 is 5.26. The summed E-state index contributed by atoms with van der Waals surface area (Å²) in [5.74, 6) is -0.692.